The maximum absolute atomic E-state index is 13.4. The molecule has 4 heterocycles. The molecule has 2 amide bonds. The van der Waals surface area contributed by atoms with Gasteiger partial charge >= 0.3 is 0 Å². The number of phenolic OH excluding ortho intramolecular Hbond substituents is 1. The molecule has 0 radical (unpaired) electrons. The highest BCUT2D eigenvalue weighted by molar-refractivity contribution is 5.97. The highest BCUT2D eigenvalue weighted by Crippen LogP contribution is 2.39. The molecule has 1 saturated carbocycles. The van der Waals surface area contributed by atoms with Gasteiger partial charge in [-0.25, -0.2) is 4.98 Å². The van der Waals surface area contributed by atoms with E-state index in [2.05, 4.69) is 66.7 Å². The lowest BCUT2D eigenvalue weighted by atomic mass is 9.89. The summed E-state index contributed by atoms with van der Waals surface area (Å²) in [5, 5.41) is 16.3. The molecular weight excluding hydrogens is 684 g/mol. The first-order chi connectivity index (χ1) is 26.4. The van der Waals surface area contributed by atoms with Crippen molar-refractivity contribution >= 4 is 23.3 Å². The third-order valence-electron chi connectivity index (χ3n) is 11.4. The number of rotatable bonds is 16. The maximum atomic E-state index is 13.4. The fourth-order valence-electron chi connectivity index (χ4n) is 8.42. The largest absolute Gasteiger partial charge is 0.506 e. The minimum Gasteiger partial charge on any atom is -0.506 e. The molecule has 1 aliphatic carbocycles. The van der Waals surface area contributed by atoms with Crippen LogP contribution in [0.4, 0.5) is 11.5 Å². The monoisotopic (exact) mass is 740 g/mol. The van der Waals surface area contributed by atoms with Crippen molar-refractivity contribution < 1.29 is 28.9 Å². The fourth-order valence-corrected chi connectivity index (χ4v) is 8.42. The molecule has 7 rings (SSSR count). The first kappa shape index (κ1) is 38.1. The summed E-state index contributed by atoms with van der Waals surface area (Å²) < 4.78 is 18.0. The number of carbonyl (C=O) groups excluding carboxylic acids is 2. The quantitative estimate of drug-likeness (QED) is 0.142. The average molecular weight is 741 g/mol. The Morgan fingerprint density at radius 3 is 2.70 bits per heavy atom. The summed E-state index contributed by atoms with van der Waals surface area (Å²) in [5.74, 6) is 1.46. The fraction of sp³-hybridized carbons (Fsp3) is 0.548. The normalized spacial score (nSPS) is 18.7. The van der Waals surface area contributed by atoms with Crippen molar-refractivity contribution in [3.05, 3.63) is 77.5 Å². The number of ether oxygens (including phenoxy) is 3. The van der Waals surface area contributed by atoms with E-state index in [0.29, 0.717) is 63.2 Å². The number of nitrogens with one attached hydrogen (secondary N) is 2. The summed E-state index contributed by atoms with van der Waals surface area (Å²) in [5.41, 5.74) is 3.75. The molecule has 12 nitrogen and oxygen atoms in total. The Morgan fingerprint density at radius 2 is 1.87 bits per heavy atom. The second-order valence-corrected chi connectivity index (χ2v) is 15.2. The van der Waals surface area contributed by atoms with Gasteiger partial charge in [-0.05, 0) is 80.0 Å². The number of piperidine rings is 1. The predicted molar refractivity (Wildman–Crippen MR) is 208 cm³/mol. The number of fused-ring (bicyclic) bond motifs is 1. The number of aromatic hydroxyl groups is 1. The van der Waals surface area contributed by atoms with Crippen LogP contribution in [0.15, 0.2) is 60.8 Å². The van der Waals surface area contributed by atoms with Crippen LogP contribution in [-0.4, -0.2) is 116 Å². The summed E-state index contributed by atoms with van der Waals surface area (Å²) in [6, 6.07) is 18.6. The Morgan fingerprint density at radius 1 is 1.02 bits per heavy atom. The number of nitrogens with zero attached hydrogens (tertiary/aromatic N) is 4. The third kappa shape index (κ3) is 9.89. The SMILES string of the molecule is O=C1COc2c(CCNCCN(C(=O)CCOCCc3cccc(CN4CCC5(CC4)CN(c4ccccn4)CCO5)c3)C3CCCC3)ccc(O)c2N1. The van der Waals surface area contributed by atoms with Crippen LogP contribution in [0.1, 0.15) is 61.6 Å². The van der Waals surface area contributed by atoms with Gasteiger partial charge in [0.05, 0.1) is 31.8 Å². The van der Waals surface area contributed by atoms with E-state index in [1.165, 1.54) is 11.1 Å². The molecule has 4 aliphatic rings. The summed E-state index contributed by atoms with van der Waals surface area (Å²) >= 11 is 0. The van der Waals surface area contributed by atoms with Crippen molar-refractivity contribution in [3.63, 3.8) is 0 Å². The third-order valence-corrected chi connectivity index (χ3v) is 11.4. The maximum Gasteiger partial charge on any atom is 0.262 e. The molecule has 3 fully saturated rings. The lowest BCUT2D eigenvalue weighted by molar-refractivity contribution is -0.134. The molecule has 3 N–H and O–H groups in total. The van der Waals surface area contributed by atoms with Gasteiger partial charge in [-0.3, -0.25) is 14.5 Å². The standard InChI is InChI=1S/C42H56N6O6/c49-36-12-11-34(41-40(36)45-38(50)30-53-41)13-19-43-20-23-48(35-8-1-2-9-35)39(51)15-26-52-25-14-32-6-5-7-33(28-32)29-46-21-16-42(17-22-46)31-47(24-27-54-42)37-10-3-4-18-44-37/h3-7,10-12,18,28,35,43,49H,1-2,8-9,13-17,19-27,29-31H2,(H,45,50). The first-order valence-corrected chi connectivity index (χ1v) is 19.9. The van der Waals surface area contributed by atoms with Gasteiger partial charge in [0.1, 0.15) is 17.3 Å². The van der Waals surface area contributed by atoms with Gasteiger partial charge in [-0.2, -0.15) is 0 Å². The average Bonchev–Trinajstić information content (AvgIpc) is 3.73. The summed E-state index contributed by atoms with van der Waals surface area (Å²) in [6.07, 6.45) is 10.2. The first-order valence-electron chi connectivity index (χ1n) is 19.9. The number of phenols is 1. The van der Waals surface area contributed by atoms with Crippen molar-refractivity contribution in [2.75, 3.05) is 82.5 Å². The number of likely N-dealkylation sites (tertiary alicyclic amines) is 1. The molecule has 0 unspecified atom stereocenters. The molecule has 3 aromatic rings. The predicted octanol–water partition coefficient (Wildman–Crippen LogP) is 4.54. The highest BCUT2D eigenvalue weighted by atomic mass is 16.5. The van der Waals surface area contributed by atoms with Crippen LogP contribution in [0, 0.1) is 0 Å². The Hall–Kier alpha value is -4.23. The summed E-state index contributed by atoms with van der Waals surface area (Å²) in [4.78, 5) is 36.7. The number of carbonyl (C=O) groups is 2. The van der Waals surface area contributed by atoms with E-state index in [0.717, 1.165) is 95.7 Å². The van der Waals surface area contributed by atoms with Gasteiger partial charge in [0.25, 0.3) is 5.91 Å². The highest BCUT2D eigenvalue weighted by Gasteiger charge is 2.40. The molecule has 1 spiro atoms. The zero-order valence-corrected chi connectivity index (χ0v) is 31.5. The smallest absolute Gasteiger partial charge is 0.262 e. The van der Waals surface area contributed by atoms with Crippen molar-refractivity contribution in [1.29, 1.82) is 0 Å². The molecule has 290 valence electrons. The number of amides is 2. The van der Waals surface area contributed by atoms with Gasteiger partial charge in [0.15, 0.2) is 12.4 Å². The van der Waals surface area contributed by atoms with Gasteiger partial charge in [-0.15, -0.1) is 0 Å². The summed E-state index contributed by atoms with van der Waals surface area (Å²) in [6.45, 7) is 8.50. The molecule has 2 aromatic carbocycles. The molecule has 0 bridgehead atoms. The van der Waals surface area contributed by atoms with E-state index in [1.807, 2.05) is 18.3 Å². The zero-order valence-electron chi connectivity index (χ0n) is 31.5. The lowest BCUT2D eigenvalue weighted by Gasteiger charge is -2.47. The number of hydrogen-bond acceptors (Lipinski definition) is 10. The topological polar surface area (TPSA) is 129 Å². The number of pyridine rings is 1. The minimum atomic E-state index is -0.275. The van der Waals surface area contributed by atoms with Crippen molar-refractivity contribution in [2.24, 2.45) is 0 Å². The van der Waals surface area contributed by atoms with E-state index in [4.69, 9.17) is 14.2 Å². The Bertz CT molecular complexity index is 1690. The second-order valence-electron chi connectivity index (χ2n) is 15.2. The zero-order chi connectivity index (χ0) is 37.2. The molecule has 2 saturated heterocycles. The molecule has 12 heteroatoms. The van der Waals surface area contributed by atoms with Gasteiger partial charge in [-0.1, -0.05) is 49.2 Å². The van der Waals surface area contributed by atoms with Crippen molar-refractivity contribution in [1.82, 2.24) is 20.1 Å². The van der Waals surface area contributed by atoms with Crippen LogP contribution in [0.2, 0.25) is 0 Å². The number of hydrogen-bond donors (Lipinski definition) is 3. The Kier molecular flexibility index (Phi) is 13.0. The second kappa shape index (κ2) is 18.4. The van der Waals surface area contributed by atoms with Crippen molar-refractivity contribution in [3.8, 4) is 11.5 Å². The molecule has 54 heavy (non-hydrogen) atoms. The van der Waals surface area contributed by atoms with E-state index in [-0.39, 0.29) is 29.8 Å². The van der Waals surface area contributed by atoms with Gasteiger partial charge < -0.3 is 39.8 Å². The molecule has 1 aromatic heterocycles. The summed E-state index contributed by atoms with van der Waals surface area (Å²) in [7, 11) is 0. The van der Waals surface area contributed by atoms with E-state index >= 15 is 0 Å². The molecule has 0 atom stereocenters. The van der Waals surface area contributed by atoms with E-state index in [9.17, 15) is 14.7 Å². The number of morpholine rings is 1. The van der Waals surface area contributed by atoms with Crippen LogP contribution in [0.3, 0.4) is 0 Å². The lowest BCUT2D eigenvalue weighted by Crippen LogP contribution is -2.57. The Labute approximate surface area is 319 Å². The van der Waals surface area contributed by atoms with Crippen LogP contribution >= 0.6 is 0 Å². The minimum absolute atomic E-state index is 0.000840. The van der Waals surface area contributed by atoms with Crippen LogP contribution in [0.25, 0.3) is 0 Å². The van der Waals surface area contributed by atoms with Crippen LogP contribution in [-0.2, 0) is 38.4 Å². The Balaban J connectivity index is 0.802. The van der Waals surface area contributed by atoms with Crippen LogP contribution in [0.5, 0.6) is 11.5 Å². The van der Waals surface area contributed by atoms with Crippen molar-refractivity contribution in [2.45, 2.75) is 76.0 Å². The van der Waals surface area contributed by atoms with E-state index < -0.39 is 0 Å². The number of benzene rings is 2. The number of aromatic nitrogens is 1. The number of anilines is 2. The molecule has 3 aliphatic heterocycles. The van der Waals surface area contributed by atoms with Crippen LogP contribution < -0.4 is 20.3 Å². The van der Waals surface area contributed by atoms with Gasteiger partial charge in [0.2, 0.25) is 5.91 Å². The molecular formula is C42H56N6O6. The van der Waals surface area contributed by atoms with Gasteiger partial charge in [0, 0.05) is 58.1 Å². The van der Waals surface area contributed by atoms with E-state index in [1.54, 1.807) is 6.07 Å².